The topological polar surface area (TPSA) is 26.5 Å². The number of hydrogen-bond acceptors (Lipinski definition) is 3. The second-order valence-corrected chi connectivity index (χ2v) is 7.47. The number of hydrogen-bond donors (Lipinski definition) is 0. The monoisotopic (exact) mass is 350 g/mol. The summed E-state index contributed by atoms with van der Waals surface area (Å²) in [4.78, 5) is 5.88. The maximum absolute atomic E-state index is 5.74. The van der Waals surface area contributed by atoms with Gasteiger partial charge in [0.15, 0.2) is 4.96 Å². The fourth-order valence-electron chi connectivity index (χ4n) is 3.05. The van der Waals surface area contributed by atoms with Gasteiger partial charge < -0.3 is 4.74 Å². The molecular weight excluding hydrogens is 328 g/mol. The van der Waals surface area contributed by atoms with E-state index < -0.39 is 0 Å². The quantitative estimate of drug-likeness (QED) is 0.412. The number of rotatable bonds is 5. The largest absolute Gasteiger partial charge is 0.494 e. The van der Waals surface area contributed by atoms with Gasteiger partial charge >= 0.3 is 0 Å². The first-order chi connectivity index (χ1) is 12.2. The Hall–Kier alpha value is -2.33. The molecule has 0 radical (unpaired) electrons. The van der Waals surface area contributed by atoms with Crippen LogP contribution in [0.1, 0.15) is 30.9 Å². The summed E-state index contributed by atoms with van der Waals surface area (Å²) in [7, 11) is 0. The molecule has 0 aliphatic heterocycles. The third-order valence-electron chi connectivity index (χ3n) is 4.70. The van der Waals surface area contributed by atoms with E-state index in [-0.39, 0.29) is 0 Å². The van der Waals surface area contributed by atoms with Crippen molar-refractivity contribution in [2.45, 2.75) is 33.6 Å². The molecule has 0 atom stereocenters. The predicted octanol–water partition coefficient (Wildman–Crippen LogP) is 6.01. The number of unbranched alkanes of at least 4 members (excludes halogenated alkanes) is 1. The van der Waals surface area contributed by atoms with E-state index in [0.29, 0.717) is 0 Å². The van der Waals surface area contributed by atoms with Crippen LogP contribution in [0.4, 0.5) is 0 Å². The van der Waals surface area contributed by atoms with Crippen LogP contribution < -0.4 is 4.74 Å². The number of thiazole rings is 1. The van der Waals surface area contributed by atoms with E-state index >= 15 is 0 Å². The van der Waals surface area contributed by atoms with Gasteiger partial charge in [-0.1, -0.05) is 30.7 Å². The first-order valence-electron chi connectivity index (χ1n) is 8.78. The lowest BCUT2D eigenvalue weighted by molar-refractivity contribution is 0.309. The molecule has 0 aliphatic rings. The van der Waals surface area contributed by atoms with E-state index in [2.05, 4.69) is 55.6 Å². The Bertz CT molecular complexity index is 1030. The molecule has 0 fully saturated rings. The molecule has 4 rings (SSSR count). The first kappa shape index (κ1) is 16.2. The molecule has 0 unspecified atom stereocenters. The lowest BCUT2D eigenvalue weighted by Gasteiger charge is -2.05. The van der Waals surface area contributed by atoms with Gasteiger partial charge in [0.25, 0.3) is 0 Å². The number of nitrogens with zero attached hydrogens (tertiary/aromatic N) is 2. The average Bonchev–Trinajstić information content (AvgIpc) is 3.17. The van der Waals surface area contributed by atoms with E-state index in [4.69, 9.17) is 9.72 Å². The van der Waals surface area contributed by atoms with Crippen molar-refractivity contribution in [3.8, 4) is 17.0 Å². The SMILES string of the molecule is CCCCOc1ccc(-c2cn3c(n2)sc2ccc(C)c(C)c23)cc1. The molecule has 0 N–H and O–H groups in total. The van der Waals surface area contributed by atoms with Crippen LogP contribution in [0.2, 0.25) is 0 Å². The number of aromatic nitrogens is 2. The van der Waals surface area contributed by atoms with Gasteiger partial charge in [-0.05, 0) is 61.7 Å². The average molecular weight is 350 g/mol. The van der Waals surface area contributed by atoms with E-state index in [1.54, 1.807) is 11.3 Å². The molecule has 3 nitrogen and oxygen atoms in total. The van der Waals surface area contributed by atoms with Gasteiger partial charge in [0.2, 0.25) is 0 Å². The second-order valence-electron chi connectivity index (χ2n) is 6.46. The van der Waals surface area contributed by atoms with Gasteiger partial charge in [-0.25, -0.2) is 4.98 Å². The van der Waals surface area contributed by atoms with Crippen molar-refractivity contribution in [3.05, 3.63) is 53.7 Å². The van der Waals surface area contributed by atoms with Crippen molar-refractivity contribution in [1.29, 1.82) is 0 Å². The van der Waals surface area contributed by atoms with E-state index in [1.165, 1.54) is 21.3 Å². The summed E-state index contributed by atoms with van der Waals surface area (Å²) in [6.45, 7) is 7.30. The molecule has 4 aromatic rings. The Balaban J connectivity index is 1.69. The number of benzene rings is 2. The number of aryl methyl sites for hydroxylation is 2. The van der Waals surface area contributed by atoms with Crippen molar-refractivity contribution < 1.29 is 4.74 Å². The third kappa shape index (κ3) is 2.91. The molecule has 25 heavy (non-hydrogen) atoms. The fourth-order valence-corrected chi connectivity index (χ4v) is 4.11. The minimum atomic E-state index is 0.778. The highest BCUT2D eigenvalue weighted by Crippen LogP contribution is 2.32. The van der Waals surface area contributed by atoms with Gasteiger partial charge in [0, 0.05) is 11.8 Å². The Labute approximate surface area is 151 Å². The van der Waals surface area contributed by atoms with E-state index in [1.807, 2.05) is 12.1 Å². The summed E-state index contributed by atoms with van der Waals surface area (Å²) in [5.41, 5.74) is 6.05. The van der Waals surface area contributed by atoms with Crippen LogP contribution in [0.15, 0.2) is 42.6 Å². The zero-order valence-corrected chi connectivity index (χ0v) is 15.7. The highest BCUT2D eigenvalue weighted by Gasteiger charge is 2.12. The standard InChI is InChI=1S/C21H22N2OS/c1-4-5-12-24-17-9-7-16(8-10-17)18-13-23-20-15(3)14(2)6-11-19(20)25-21(23)22-18/h6-11,13H,4-5,12H2,1-3H3. The maximum atomic E-state index is 5.74. The Morgan fingerprint density at radius 2 is 1.88 bits per heavy atom. The summed E-state index contributed by atoms with van der Waals surface area (Å²) in [6, 6.07) is 12.6. The summed E-state index contributed by atoms with van der Waals surface area (Å²) in [5.74, 6) is 0.926. The van der Waals surface area contributed by atoms with Gasteiger partial charge in [0.05, 0.1) is 22.5 Å². The van der Waals surface area contributed by atoms with Gasteiger partial charge in [-0.3, -0.25) is 4.40 Å². The van der Waals surface area contributed by atoms with Gasteiger partial charge in [-0.15, -0.1) is 0 Å². The van der Waals surface area contributed by atoms with Crippen molar-refractivity contribution in [2.24, 2.45) is 0 Å². The molecule has 0 bridgehead atoms. The smallest absolute Gasteiger partial charge is 0.195 e. The maximum Gasteiger partial charge on any atom is 0.195 e. The van der Waals surface area contributed by atoms with Crippen LogP contribution >= 0.6 is 11.3 Å². The van der Waals surface area contributed by atoms with Crippen molar-refractivity contribution in [3.63, 3.8) is 0 Å². The van der Waals surface area contributed by atoms with Crippen LogP contribution in [0.5, 0.6) is 5.75 Å². The summed E-state index contributed by atoms with van der Waals surface area (Å²) in [5, 5.41) is 0. The third-order valence-corrected chi connectivity index (χ3v) is 5.72. The lowest BCUT2D eigenvalue weighted by Crippen LogP contribution is -1.95. The molecule has 128 valence electrons. The normalized spacial score (nSPS) is 11.5. The second kappa shape index (κ2) is 6.52. The van der Waals surface area contributed by atoms with E-state index in [9.17, 15) is 0 Å². The molecular formula is C21H22N2OS. The van der Waals surface area contributed by atoms with Crippen LogP contribution in [-0.4, -0.2) is 16.0 Å². The molecule has 0 aliphatic carbocycles. The molecule has 2 aromatic heterocycles. The Kier molecular flexibility index (Phi) is 4.22. The molecule has 4 heteroatoms. The summed E-state index contributed by atoms with van der Waals surface area (Å²) in [6.07, 6.45) is 4.38. The Morgan fingerprint density at radius 3 is 2.64 bits per heavy atom. The van der Waals surface area contributed by atoms with Crippen molar-refractivity contribution >= 4 is 26.5 Å². The summed E-state index contributed by atoms with van der Waals surface area (Å²) >= 11 is 1.74. The predicted molar refractivity (Wildman–Crippen MR) is 106 cm³/mol. The molecule has 0 amide bonds. The highest BCUT2D eigenvalue weighted by molar-refractivity contribution is 7.23. The number of ether oxygens (including phenoxy) is 1. The van der Waals surface area contributed by atoms with Crippen LogP contribution in [0, 0.1) is 13.8 Å². The Morgan fingerprint density at radius 1 is 1.08 bits per heavy atom. The molecule has 0 spiro atoms. The fraction of sp³-hybridized carbons (Fsp3) is 0.286. The zero-order valence-electron chi connectivity index (χ0n) is 14.9. The highest BCUT2D eigenvalue weighted by atomic mass is 32.1. The van der Waals surface area contributed by atoms with E-state index in [0.717, 1.165) is 41.4 Å². The molecule has 0 saturated carbocycles. The minimum Gasteiger partial charge on any atom is -0.494 e. The summed E-state index contributed by atoms with van der Waals surface area (Å²) < 4.78 is 9.26. The van der Waals surface area contributed by atoms with Crippen LogP contribution in [-0.2, 0) is 0 Å². The van der Waals surface area contributed by atoms with Crippen LogP contribution in [0.25, 0.3) is 26.4 Å². The number of fused-ring (bicyclic) bond motifs is 3. The first-order valence-corrected chi connectivity index (χ1v) is 9.60. The van der Waals surface area contributed by atoms with Crippen molar-refractivity contribution in [1.82, 2.24) is 9.38 Å². The van der Waals surface area contributed by atoms with Crippen LogP contribution in [0.3, 0.4) is 0 Å². The number of imidazole rings is 1. The van der Waals surface area contributed by atoms with Crippen molar-refractivity contribution in [2.75, 3.05) is 6.61 Å². The zero-order chi connectivity index (χ0) is 17.4. The lowest BCUT2D eigenvalue weighted by atomic mass is 10.1. The van der Waals surface area contributed by atoms with Gasteiger partial charge in [0.1, 0.15) is 5.75 Å². The van der Waals surface area contributed by atoms with Gasteiger partial charge in [-0.2, -0.15) is 0 Å². The molecule has 0 saturated heterocycles. The minimum absolute atomic E-state index is 0.778. The molecule has 2 heterocycles. The molecule has 2 aromatic carbocycles.